The van der Waals surface area contributed by atoms with Crippen LogP contribution in [0.15, 0.2) is 22.7 Å². The van der Waals surface area contributed by atoms with E-state index in [4.69, 9.17) is 16.4 Å². The molecule has 1 fully saturated rings. The highest BCUT2D eigenvalue weighted by Crippen LogP contribution is 2.27. The molecule has 0 saturated heterocycles. The number of nitrogens with one attached hydrogen (secondary N) is 1. The van der Waals surface area contributed by atoms with Crippen LogP contribution in [0, 0.1) is 29.6 Å². The van der Waals surface area contributed by atoms with E-state index < -0.39 is 0 Å². The van der Waals surface area contributed by atoms with Crippen molar-refractivity contribution in [1.82, 2.24) is 5.32 Å². The quantitative estimate of drug-likeness (QED) is 0.842. The van der Waals surface area contributed by atoms with E-state index in [1.165, 1.54) is 0 Å². The van der Waals surface area contributed by atoms with Crippen LogP contribution in [0.25, 0.3) is 0 Å². The molecule has 0 radical (unpaired) electrons. The first-order chi connectivity index (χ1) is 9.74. The summed E-state index contributed by atoms with van der Waals surface area (Å²) >= 11 is 3.47. The smallest absolute Gasteiger partial charge is 0.148 e. The number of hydrogen-bond acceptors (Lipinski definition) is 3. The second-order valence-corrected chi connectivity index (χ2v) is 5.81. The van der Waals surface area contributed by atoms with Crippen molar-refractivity contribution in [1.29, 1.82) is 5.26 Å². The minimum atomic E-state index is 0.122. The van der Waals surface area contributed by atoms with Gasteiger partial charge in [-0.15, -0.1) is 6.42 Å². The number of ether oxygens (including phenoxy) is 1. The lowest BCUT2D eigenvalue weighted by atomic mass is 10.1. The lowest BCUT2D eigenvalue weighted by Gasteiger charge is -2.17. The first-order valence-corrected chi connectivity index (χ1v) is 7.51. The standard InChI is InChI=1S/C16H17BrN2O/c1-2-8-20-16-7-6-14(17)9-13(16)11-19-15-5-3-4-12(15)10-18/h1,6-7,9,12,15,19H,3-5,8,11H2. The van der Waals surface area contributed by atoms with E-state index in [2.05, 4.69) is 33.2 Å². The van der Waals surface area contributed by atoms with Gasteiger partial charge in [0.05, 0.1) is 12.0 Å². The minimum Gasteiger partial charge on any atom is -0.481 e. The summed E-state index contributed by atoms with van der Waals surface area (Å²) in [6.07, 6.45) is 8.41. The lowest BCUT2D eigenvalue weighted by molar-refractivity contribution is 0.362. The number of hydrogen-bond donors (Lipinski definition) is 1. The third-order valence-corrected chi connectivity index (χ3v) is 4.06. The van der Waals surface area contributed by atoms with Gasteiger partial charge >= 0.3 is 0 Å². The first kappa shape index (κ1) is 14.9. The Balaban J connectivity index is 2.03. The molecule has 1 aromatic rings. The summed E-state index contributed by atoms with van der Waals surface area (Å²) in [6.45, 7) is 0.946. The zero-order valence-electron chi connectivity index (χ0n) is 11.2. The molecule has 1 aliphatic rings. The first-order valence-electron chi connectivity index (χ1n) is 6.72. The summed E-state index contributed by atoms with van der Waals surface area (Å²) in [4.78, 5) is 0. The second-order valence-electron chi connectivity index (χ2n) is 4.90. The average molecular weight is 333 g/mol. The Morgan fingerprint density at radius 2 is 2.30 bits per heavy atom. The summed E-state index contributed by atoms with van der Waals surface area (Å²) in [5, 5.41) is 12.6. The van der Waals surface area contributed by atoms with Crippen molar-refractivity contribution in [3.8, 4) is 24.2 Å². The summed E-state index contributed by atoms with van der Waals surface area (Å²) in [7, 11) is 0. The van der Waals surface area contributed by atoms with Crippen LogP contribution in [0.1, 0.15) is 24.8 Å². The Hall–Kier alpha value is -1.49. The average Bonchev–Trinajstić information content (AvgIpc) is 2.91. The zero-order chi connectivity index (χ0) is 14.4. The SMILES string of the molecule is C#CCOc1ccc(Br)cc1CNC1CCCC1C#N. The Labute approximate surface area is 128 Å². The van der Waals surface area contributed by atoms with E-state index in [1.807, 2.05) is 18.2 Å². The van der Waals surface area contributed by atoms with Gasteiger partial charge in [0.2, 0.25) is 0 Å². The molecule has 3 nitrogen and oxygen atoms in total. The van der Waals surface area contributed by atoms with Crippen LogP contribution in [0.3, 0.4) is 0 Å². The van der Waals surface area contributed by atoms with Crippen LogP contribution in [0.5, 0.6) is 5.75 Å². The van der Waals surface area contributed by atoms with E-state index in [0.717, 1.165) is 35.0 Å². The molecule has 2 atom stereocenters. The monoisotopic (exact) mass is 332 g/mol. The molecule has 1 saturated carbocycles. The van der Waals surface area contributed by atoms with Gasteiger partial charge in [-0.05, 0) is 31.0 Å². The molecule has 0 spiro atoms. The maximum atomic E-state index is 9.10. The maximum Gasteiger partial charge on any atom is 0.148 e. The lowest BCUT2D eigenvalue weighted by Crippen LogP contribution is -2.31. The Morgan fingerprint density at radius 1 is 1.45 bits per heavy atom. The van der Waals surface area contributed by atoms with Crippen LogP contribution in [0.2, 0.25) is 0 Å². The zero-order valence-corrected chi connectivity index (χ0v) is 12.8. The molecule has 2 unspecified atom stereocenters. The third-order valence-electron chi connectivity index (χ3n) is 3.57. The van der Waals surface area contributed by atoms with Crippen LogP contribution < -0.4 is 10.1 Å². The molecule has 0 aromatic heterocycles. The van der Waals surface area contributed by atoms with Crippen LogP contribution >= 0.6 is 15.9 Å². The fraction of sp³-hybridized carbons (Fsp3) is 0.438. The summed E-state index contributed by atoms with van der Waals surface area (Å²) < 4.78 is 6.55. The van der Waals surface area contributed by atoms with Crippen molar-refractivity contribution in [3.63, 3.8) is 0 Å². The third kappa shape index (κ3) is 3.76. The van der Waals surface area contributed by atoms with Gasteiger partial charge in [0.15, 0.2) is 0 Å². The molecule has 0 heterocycles. The van der Waals surface area contributed by atoms with Gasteiger partial charge in [-0.1, -0.05) is 28.3 Å². The molecule has 2 rings (SSSR count). The number of nitriles is 1. The molecule has 1 aliphatic carbocycles. The molecular weight excluding hydrogens is 316 g/mol. The molecule has 104 valence electrons. The molecule has 0 bridgehead atoms. The van der Waals surface area contributed by atoms with Crippen molar-refractivity contribution in [2.45, 2.75) is 31.8 Å². The van der Waals surface area contributed by atoms with Crippen LogP contribution in [0.4, 0.5) is 0 Å². The van der Waals surface area contributed by atoms with Crippen molar-refractivity contribution in [3.05, 3.63) is 28.2 Å². The molecule has 1 aromatic carbocycles. The van der Waals surface area contributed by atoms with Gasteiger partial charge in [-0.25, -0.2) is 0 Å². The molecule has 4 heteroatoms. The van der Waals surface area contributed by atoms with E-state index in [9.17, 15) is 0 Å². The topological polar surface area (TPSA) is 45.0 Å². The van der Waals surface area contributed by atoms with E-state index in [1.54, 1.807) is 0 Å². The molecule has 0 amide bonds. The Morgan fingerprint density at radius 3 is 3.05 bits per heavy atom. The highest BCUT2D eigenvalue weighted by atomic mass is 79.9. The van der Waals surface area contributed by atoms with E-state index in [-0.39, 0.29) is 18.6 Å². The molecule has 20 heavy (non-hydrogen) atoms. The summed E-state index contributed by atoms with van der Waals surface area (Å²) in [5.74, 6) is 3.39. The largest absolute Gasteiger partial charge is 0.481 e. The predicted octanol–water partition coefficient (Wildman–Crippen LogP) is 3.24. The van der Waals surface area contributed by atoms with E-state index >= 15 is 0 Å². The number of terminal acetylenes is 1. The molecular formula is C16H17BrN2O. The minimum absolute atomic E-state index is 0.122. The Bertz CT molecular complexity index is 544. The molecule has 1 N–H and O–H groups in total. The van der Waals surface area contributed by atoms with Gasteiger partial charge < -0.3 is 10.1 Å². The number of benzene rings is 1. The number of nitrogens with zero attached hydrogens (tertiary/aromatic N) is 1. The van der Waals surface area contributed by atoms with Gasteiger partial charge in [-0.2, -0.15) is 5.26 Å². The summed E-state index contributed by atoms with van der Waals surface area (Å²) in [6, 6.07) is 8.53. The highest BCUT2D eigenvalue weighted by molar-refractivity contribution is 9.10. The van der Waals surface area contributed by atoms with Crippen molar-refractivity contribution in [2.75, 3.05) is 6.61 Å². The highest BCUT2D eigenvalue weighted by Gasteiger charge is 2.26. The maximum absolute atomic E-state index is 9.10. The fourth-order valence-electron chi connectivity index (χ4n) is 2.55. The fourth-order valence-corrected chi connectivity index (χ4v) is 2.95. The van der Waals surface area contributed by atoms with Gasteiger partial charge in [-0.3, -0.25) is 0 Å². The normalized spacial score (nSPS) is 21.1. The molecule has 0 aliphatic heterocycles. The van der Waals surface area contributed by atoms with Gasteiger partial charge in [0, 0.05) is 22.6 Å². The van der Waals surface area contributed by atoms with Crippen molar-refractivity contribution >= 4 is 15.9 Å². The Kier molecular flexibility index (Phi) is 5.47. The van der Waals surface area contributed by atoms with Gasteiger partial charge in [0.25, 0.3) is 0 Å². The van der Waals surface area contributed by atoms with E-state index in [0.29, 0.717) is 6.54 Å². The van der Waals surface area contributed by atoms with Crippen molar-refractivity contribution < 1.29 is 4.74 Å². The van der Waals surface area contributed by atoms with Crippen molar-refractivity contribution in [2.24, 2.45) is 5.92 Å². The van der Waals surface area contributed by atoms with Crippen LogP contribution in [-0.4, -0.2) is 12.6 Å². The summed E-state index contributed by atoms with van der Waals surface area (Å²) in [5.41, 5.74) is 1.05. The van der Waals surface area contributed by atoms with Crippen LogP contribution in [-0.2, 0) is 6.54 Å². The predicted molar refractivity (Wildman–Crippen MR) is 82.1 cm³/mol. The second kappa shape index (κ2) is 7.33. The number of halogens is 1. The number of rotatable bonds is 5. The van der Waals surface area contributed by atoms with Gasteiger partial charge in [0.1, 0.15) is 12.4 Å².